The Hall–Kier alpha value is -2.44. The van der Waals surface area contributed by atoms with Crippen LogP contribution in [0.4, 0.5) is 0 Å². The smallest absolute Gasteiger partial charge is 0.323 e. The lowest BCUT2D eigenvalue weighted by Crippen LogP contribution is -2.37. The Kier molecular flexibility index (Phi) is 3.12. The van der Waals surface area contributed by atoms with E-state index in [1.54, 1.807) is 17.8 Å². The highest BCUT2D eigenvalue weighted by atomic mass is 16.4. The third kappa shape index (κ3) is 2.46. The van der Waals surface area contributed by atoms with Crippen molar-refractivity contribution in [1.29, 1.82) is 0 Å². The van der Waals surface area contributed by atoms with Crippen molar-refractivity contribution in [3.63, 3.8) is 0 Å². The molecule has 1 aliphatic rings. The minimum atomic E-state index is -0.998. The molecular weight excluding hydrogens is 272 g/mol. The second-order valence-electron chi connectivity index (χ2n) is 5.36. The van der Waals surface area contributed by atoms with E-state index in [1.807, 2.05) is 6.92 Å². The summed E-state index contributed by atoms with van der Waals surface area (Å²) in [6.45, 7) is 1.59. The second kappa shape index (κ2) is 4.83. The van der Waals surface area contributed by atoms with E-state index in [4.69, 9.17) is 5.11 Å². The van der Waals surface area contributed by atoms with E-state index in [-0.39, 0.29) is 18.5 Å². The van der Waals surface area contributed by atoms with Crippen molar-refractivity contribution in [3.05, 3.63) is 23.5 Å². The molecule has 2 aromatic rings. The molecule has 0 bridgehead atoms. The third-order valence-electron chi connectivity index (χ3n) is 3.66. The predicted molar refractivity (Wildman–Crippen MR) is 74.9 cm³/mol. The van der Waals surface area contributed by atoms with Gasteiger partial charge in [0.1, 0.15) is 6.54 Å². The standard InChI is InChI=1S/C14H16N4O3/c1-8-11-5-9(6-15-13(11)17(2)16-8)14(21)18(7-12(19)20)10-3-4-10/h5-6,10H,3-4,7H2,1-2H3,(H,19,20). The van der Waals surface area contributed by atoms with Crippen LogP contribution < -0.4 is 0 Å². The first-order valence-electron chi connectivity index (χ1n) is 6.79. The van der Waals surface area contributed by atoms with Gasteiger partial charge in [-0.3, -0.25) is 14.3 Å². The number of aromatic nitrogens is 3. The molecule has 0 aliphatic heterocycles. The summed E-state index contributed by atoms with van der Waals surface area (Å²) in [6, 6.07) is 1.78. The number of amides is 1. The van der Waals surface area contributed by atoms with E-state index < -0.39 is 5.97 Å². The summed E-state index contributed by atoms with van der Waals surface area (Å²) < 4.78 is 1.66. The summed E-state index contributed by atoms with van der Waals surface area (Å²) in [7, 11) is 1.80. The number of hydrogen-bond acceptors (Lipinski definition) is 4. The number of hydrogen-bond donors (Lipinski definition) is 1. The summed E-state index contributed by atoms with van der Waals surface area (Å²) in [5.74, 6) is -1.28. The number of aryl methyl sites for hydroxylation is 2. The number of carbonyl (C=O) groups is 2. The van der Waals surface area contributed by atoms with E-state index in [0.29, 0.717) is 11.2 Å². The maximum absolute atomic E-state index is 12.5. The number of carbonyl (C=O) groups excluding carboxylic acids is 1. The molecule has 0 aromatic carbocycles. The summed E-state index contributed by atoms with van der Waals surface area (Å²) in [5.41, 5.74) is 1.91. The number of carboxylic acid groups (broad SMARTS) is 1. The molecule has 0 unspecified atom stereocenters. The highest BCUT2D eigenvalue weighted by Gasteiger charge is 2.34. The molecule has 1 N–H and O–H groups in total. The zero-order chi connectivity index (χ0) is 15.1. The van der Waals surface area contributed by atoms with Crippen LogP contribution >= 0.6 is 0 Å². The van der Waals surface area contributed by atoms with Crippen molar-refractivity contribution < 1.29 is 14.7 Å². The van der Waals surface area contributed by atoms with Gasteiger partial charge in [-0.05, 0) is 25.8 Å². The lowest BCUT2D eigenvalue weighted by atomic mass is 10.2. The Bertz CT molecular complexity index is 733. The molecule has 7 nitrogen and oxygen atoms in total. The van der Waals surface area contributed by atoms with Crippen molar-refractivity contribution in [2.24, 2.45) is 7.05 Å². The fraction of sp³-hybridized carbons (Fsp3) is 0.429. The van der Waals surface area contributed by atoms with Crippen LogP contribution in [0.2, 0.25) is 0 Å². The minimum absolute atomic E-state index is 0.0410. The normalized spacial score (nSPS) is 14.4. The highest BCUT2D eigenvalue weighted by molar-refractivity contribution is 5.98. The number of carboxylic acids is 1. The number of fused-ring (bicyclic) bond motifs is 1. The Morgan fingerprint density at radius 3 is 2.81 bits per heavy atom. The van der Waals surface area contributed by atoms with Gasteiger partial charge in [-0.15, -0.1) is 0 Å². The molecule has 2 aromatic heterocycles. The molecule has 7 heteroatoms. The Morgan fingerprint density at radius 2 is 2.19 bits per heavy atom. The molecule has 2 heterocycles. The van der Waals surface area contributed by atoms with E-state index in [9.17, 15) is 9.59 Å². The molecule has 1 saturated carbocycles. The zero-order valence-corrected chi connectivity index (χ0v) is 11.9. The van der Waals surface area contributed by atoms with Crippen molar-refractivity contribution in [2.45, 2.75) is 25.8 Å². The molecular formula is C14H16N4O3. The maximum atomic E-state index is 12.5. The van der Waals surface area contributed by atoms with Gasteiger partial charge in [0, 0.05) is 24.7 Å². The van der Waals surface area contributed by atoms with Crippen LogP contribution in [0.5, 0.6) is 0 Å². The van der Waals surface area contributed by atoms with Crippen LogP contribution in [0.25, 0.3) is 11.0 Å². The van der Waals surface area contributed by atoms with Crippen LogP contribution in [0.1, 0.15) is 28.9 Å². The first-order chi connectivity index (χ1) is 9.97. The Balaban J connectivity index is 1.96. The van der Waals surface area contributed by atoms with Crippen molar-refractivity contribution in [3.8, 4) is 0 Å². The molecule has 0 radical (unpaired) electrons. The van der Waals surface area contributed by atoms with E-state index in [0.717, 1.165) is 23.9 Å². The van der Waals surface area contributed by atoms with Gasteiger partial charge >= 0.3 is 5.97 Å². The molecule has 0 spiro atoms. The fourth-order valence-corrected chi connectivity index (χ4v) is 2.49. The SMILES string of the molecule is Cc1nn(C)c2ncc(C(=O)N(CC(=O)O)C3CC3)cc12. The first-order valence-corrected chi connectivity index (χ1v) is 6.79. The lowest BCUT2D eigenvalue weighted by molar-refractivity contribution is -0.137. The molecule has 3 rings (SSSR count). The quantitative estimate of drug-likeness (QED) is 0.905. The number of aliphatic carboxylic acids is 1. The molecule has 21 heavy (non-hydrogen) atoms. The largest absolute Gasteiger partial charge is 0.480 e. The molecule has 1 aliphatic carbocycles. The van der Waals surface area contributed by atoms with Gasteiger partial charge in [-0.1, -0.05) is 0 Å². The molecule has 110 valence electrons. The van der Waals surface area contributed by atoms with Crippen LogP contribution in [-0.2, 0) is 11.8 Å². The lowest BCUT2D eigenvalue weighted by Gasteiger charge is -2.20. The van der Waals surface area contributed by atoms with Gasteiger partial charge < -0.3 is 10.0 Å². The van der Waals surface area contributed by atoms with E-state index in [1.165, 1.54) is 11.1 Å². The van der Waals surface area contributed by atoms with Gasteiger partial charge in [-0.25, -0.2) is 4.98 Å². The van der Waals surface area contributed by atoms with E-state index in [2.05, 4.69) is 10.1 Å². The van der Waals surface area contributed by atoms with Gasteiger partial charge in [-0.2, -0.15) is 5.10 Å². The Labute approximate surface area is 121 Å². The number of nitrogens with zero attached hydrogens (tertiary/aromatic N) is 4. The second-order valence-corrected chi connectivity index (χ2v) is 5.36. The van der Waals surface area contributed by atoms with Gasteiger partial charge in [0.2, 0.25) is 0 Å². The molecule has 1 amide bonds. The number of rotatable bonds is 4. The first kappa shape index (κ1) is 13.5. The van der Waals surface area contributed by atoms with Crippen LogP contribution in [-0.4, -0.2) is 49.2 Å². The summed E-state index contributed by atoms with van der Waals surface area (Å²) >= 11 is 0. The topological polar surface area (TPSA) is 88.3 Å². The molecule has 0 atom stereocenters. The maximum Gasteiger partial charge on any atom is 0.323 e. The molecule has 0 saturated heterocycles. The number of pyridine rings is 1. The van der Waals surface area contributed by atoms with Crippen LogP contribution in [0.3, 0.4) is 0 Å². The summed E-state index contributed by atoms with van der Waals surface area (Å²) in [6.07, 6.45) is 3.21. The van der Waals surface area contributed by atoms with E-state index >= 15 is 0 Å². The predicted octanol–water partition coefficient (Wildman–Crippen LogP) is 0.966. The van der Waals surface area contributed by atoms with Gasteiger partial charge in [0.15, 0.2) is 5.65 Å². The summed E-state index contributed by atoms with van der Waals surface area (Å²) in [5, 5.41) is 14.0. The Morgan fingerprint density at radius 1 is 1.48 bits per heavy atom. The van der Waals surface area contributed by atoms with Crippen LogP contribution in [0.15, 0.2) is 12.3 Å². The zero-order valence-electron chi connectivity index (χ0n) is 11.9. The van der Waals surface area contributed by atoms with Crippen molar-refractivity contribution >= 4 is 22.9 Å². The van der Waals surface area contributed by atoms with Crippen molar-refractivity contribution in [1.82, 2.24) is 19.7 Å². The fourth-order valence-electron chi connectivity index (χ4n) is 2.49. The summed E-state index contributed by atoms with van der Waals surface area (Å²) in [4.78, 5) is 29.1. The average molecular weight is 288 g/mol. The minimum Gasteiger partial charge on any atom is -0.480 e. The third-order valence-corrected chi connectivity index (χ3v) is 3.66. The monoisotopic (exact) mass is 288 g/mol. The van der Waals surface area contributed by atoms with Gasteiger partial charge in [0.05, 0.1) is 11.3 Å². The average Bonchev–Trinajstić information content (AvgIpc) is 3.23. The highest BCUT2D eigenvalue weighted by Crippen LogP contribution is 2.28. The van der Waals surface area contributed by atoms with Gasteiger partial charge in [0.25, 0.3) is 5.91 Å². The molecule has 1 fully saturated rings. The van der Waals surface area contributed by atoms with Crippen LogP contribution in [0, 0.1) is 6.92 Å². The van der Waals surface area contributed by atoms with Crippen molar-refractivity contribution in [2.75, 3.05) is 6.54 Å².